The second-order valence-corrected chi connectivity index (χ2v) is 10.0. The average Bonchev–Trinajstić information content (AvgIpc) is 2.71. The summed E-state index contributed by atoms with van der Waals surface area (Å²) >= 11 is 0. The highest BCUT2D eigenvalue weighted by atomic mass is 16.5. The van der Waals surface area contributed by atoms with Crippen LogP contribution in [0.1, 0.15) is 77.0 Å². The normalized spacial score (nSPS) is 42.3. The number of hydrogen-bond donors (Lipinski definition) is 3. The molecule has 6 bridgehead atoms. The van der Waals surface area contributed by atoms with E-state index in [4.69, 9.17) is 4.74 Å². The molecule has 1 saturated carbocycles. The predicted molar refractivity (Wildman–Crippen MR) is 115 cm³/mol. The largest absolute Gasteiger partial charge is 0.378 e. The molecule has 0 aromatic heterocycles. The molecule has 0 spiro atoms. The van der Waals surface area contributed by atoms with E-state index in [-0.39, 0.29) is 0 Å². The Morgan fingerprint density at radius 1 is 0.786 bits per heavy atom. The summed E-state index contributed by atoms with van der Waals surface area (Å²) in [5, 5.41) is 11.6. The van der Waals surface area contributed by atoms with E-state index in [1.165, 1.54) is 96.7 Å². The van der Waals surface area contributed by atoms with Gasteiger partial charge in [0.15, 0.2) is 0 Å². The van der Waals surface area contributed by atoms with Gasteiger partial charge in [0.1, 0.15) is 0 Å². The van der Waals surface area contributed by atoms with Gasteiger partial charge in [-0.25, -0.2) is 0 Å². The van der Waals surface area contributed by atoms with Gasteiger partial charge in [-0.15, -0.1) is 0 Å². The fourth-order valence-corrected chi connectivity index (χ4v) is 6.18. The fraction of sp³-hybridized carbons (Fsp3) is 1.00. The molecule has 4 rings (SSSR count). The van der Waals surface area contributed by atoms with Crippen molar-refractivity contribution in [2.75, 3.05) is 33.3 Å². The van der Waals surface area contributed by atoms with Crippen LogP contribution in [0.4, 0.5) is 0 Å². The molecule has 3 N–H and O–H groups in total. The molecule has 5 nitrogen and oxygen atoms in total. The van der Waals surface area contributed by atoms with Gasteiger partial charge < -0.3 is 15.0 Å². The van der Waals surface area contributed by atoms with E-state index in [2.05, 4.69) is 27.9 Å². The third-order valence-electron chi connectivity index (χ3n) is 7.73. The molecular weight excluding hydrogens is 348 g/mol. The Morgan fingerprint density at radius 2 is 1.68 bits per heavy atom. The Morgan fingerprint density at radius 3 is 2.64 bits per heavy atom. The van der Waals surface area contributed by atoms with Crippen molar-refractivity contribution in [1.29, 1.82) is 0 Å². The van der Waals surface area contributed by atoms with E-state index in [0.29, 0.717) is 24.5 Å². The van der Waals surface area contributed by atoms with E-state index in [1.807, 2.05) is 0 Å². The predicted octanol–water partition coefficient (Wildman–Crippen LogP) is 3.06. The van der Waals surface area contributed by atoms with E-state index in [0.717, 1.165) is 18.4 Å². The number of piperidine rings is 2. The Kier molecular flexibility index (Phi) is 8.06. The third-order valence-corrected chi connectivity index (χ3v) is 7.73. The Hall–Kier alpha value is -0.200. The lowest BCUT2D eigenvalue weighted by Crippen LogP contribution is -2.60. The molecule has 0 amide bonds. The maximum atomic E-state index is 6.33. The van der Waals surface area contributed by atoms with Crippen molar-refractivity contribution < 1.29 is 4.74 Å². The van der Waals surface area contributed by atoms with Gasteiger partial charge in [0.2, 0.25) is 0 Å². The molecule has 0 radical (unpaired) electrons. The minimum Gasteiger partial charge on any atom is -0.378 e. The van der Waals surface area contributed by atoms with Crippen LogP contribution < -0.4 is 16.0 Å². The van der Waals surface area contributed by atoms with Crippen molar-refractivity contribution in [2.45, 2.75) is 102 Å². The summed E-state index contributed by atoms with van der Waals surface area (Å²) in [5.41, 5.74) is 0. The van der Waals surface area contributed by atoms with Crippen molar-refractivity contribution in [3.05, 3.63) is 0 Å². The van der Waals surface area contributed by atoms with Crippen LogP contribution in [0.15, 0.2) is 0 Å². The highest BCUT2D eigenvalue weighted by Crippen LogP contribution is 2.36. The third kappa shape index (κ3) is 6.15. The minimum atomic E-state index is 0.477. The first kappa shape index (κ1) is 21.0. The zero-order valence-electron chi connectivity index (χ0n) is 18.1. The number of hydrogen-bond acceptors (Lipinski definition) is 5. The topological polar surface area (TPSA) is 48.6 Å². The van der Waals surface area contributed by atoms with Crippen LogP contribution in [0.5, 0.6) is 0 Å². The molecule has 3 heterocycles. The van der Waals surface area contributed by atoms with Crippen LogP contribution >= 0.6 is 0 Å². The van der Waals surface area contributed by atoms with Gasteiger partial charge >= 0.3 is 0 Å². The lowest BCUT2D eigenvalue weighted by molar-refractivity contribution is -0.00436. The molecule has 5 heteroatoms. The number of likely N-dealkylation sites (N-methyl/N-ethyl adjacent to an activating group) is 1. The summed E-state index contributed by atoms with van der Waals surface area (Å²) in [6.45, 7) is 4.54. The number of nitrogens with one attached hydrogen (secondary N) is 3. The second kappa shape index (κ2) is 10.7. The molecule has 4 fully saturated rings. The zero-order chi connectivity index (χ0) is 19.2. The lowest BCUT2D eigenvalue weighted by atomic mass is 9.74. The number of nitrogens with zero attached hydrogens (tertiary/aromatic N) is 1. The van der Waals surface area contributed by atoms with Gasteiger partial charge in [-0.2, -0.15) is 0 Å². The van der Waals surface area contributed by atoms with Crippen molar-refractivity contribution in [3.8, 4) is 0 Å². The Bertz CT molecular complexity index is 462. The quantitative estimate of drug-likeness (QED) is 0.591. The van der Waals surface area contributed by atoms with E-state index in [9.17, 15) is 0 Å². The maximum absolute atomic E-state index is 6.33. The van der Waals surface area contributed by atoms with Crippen LogP contribution in [0.2, 0.25) is 0 Å². The first-order chi connectivity index (χ1) is 13.8. The summed E-state index contributed by atoms with van der Waals surface area (Å²) < 4.78 is 6.33. The van der Waals surface area contributed by atoms with Crippen molar-refractivity contribution in [1.82, 2.24) is 20.9 Å². The smallest absolute Gasteiger partial charge is 0.0586 e. The molecule has 4 aliphatic rings. The van der Waals surface area contributed by atoms with Gasteiger partial charge in [-0.3, -0.25) is 10.6 Å². The minimum absolute atomic E-state index is 0.477. The molecule has 3 saturated heterocycles. The maximum Gasteiger partial charge on any atom is 0.0586 e. The molecule has 162 valence electrons. The molecule has 6 unspecified atom stereocenters. The van der Waals surface area contributed by atoms with Crippen LogP contribution in [0.25, 0.3) is 0 Å². The first-order valence-electron chi connectivity index (χ1n) is 12.3. The van der Waals surface area contributed by atoms with Crippen molar-refractivity contribution in [3.63, 3.8) is 0 Å². The van der Waals surface area contributed by atoms with Gasteiger partial charge in [-0.1, -0.05) is 6.42 Å². The van der Waals surface area contributed by atoms with E-state index >= 15 is 0 Å². The summed E-state index contributed by atoms with van der Waals surface area (Å²) in [6.07, 6.45) is 17.3. The van der Waals surface area contributed by atoms with Crippen LogP contribution in [0.3, 0.4) is 0 Å². The summed E-state index contributed by atoms with van der Waals surface area (Å²) in [4.78, 5) is 2.53. The Labute approximate surface area is 172 Å². The van der Waals surface area contributed by atoms with Gasteiger partial charge in [0.05, 0.1) is 18.4 Å². The number of fused-ring (bicyclic) bond motifs is 7. The van der Waals surface area contributed by atoms with Gasteiger partial charge in [0, 0.05) is 19.2 Å². The molecule has 0 aromatic rings. The standard InChI is InChI=1S/C23H44N4O/c1-27-13-3-2-4-14-28-21-9-5-7-18(15-21)19-11-12-24-23(16-19)26-22-10-6-8-20(17-27)25-22/h18-26H,2-17H2,1H3. The summed E-state index contributed by atoms with van der Waals surface area (Å²) in [5.74, 6) is 1.75. The Balaban J connectivity index is 1.38. The molecule has 28 heavy (non-hydrogen) atoms. The van der Waals surface area contributed by atoms with Gasteiger partial charge in [-0.05, 0) is 103 Å². The monoisotopic (exact) mass is 392 g/mol. The summed E-state index contributed by atoms with van der Waals surface area (Å²) in [7, 11) is 2.29. The average molecular weight is 393 g/mol. The number of rotatable bonds is 0. The van der Waals surface area contributed by atoms with E-state index < -0.39 is 0 Å². The summed E-state index contributed by atoms with van der Waals surface area (Å²) in [6, 6.07) is 0.636. The molecular formula is C23H44N4O. The lowest BCUT2D eigenvalue weighted by Gasteiger charge is -2.42. The van der Waals surface area contributed by atoms with Gasteiger partial charge in [0.25, 0.3) is 0 Å². The van der Waals surface area contributed by atoms with E-state index in [1.54, 1.807) is 0 Å². The molecule has 0 aromatic carbocycles. The first-order valence-corrected chi connectivity index (χ1v) is 12.3. The number of ether oxygens (including phenoxy) is 1. The fourth-order valence-electron chi connectivity index (χ4n) is 6.18. The highest BCUT2D eigenvalue weighted by Gasteiger charge is 2.33. The molecule has 1 aliphatic carbocycles. The van der Waals surface area contributed by atoms with Crippen LogP contribution in [-0.2, 0) is 4.74 Å². The molecule has 6 atom stereocenters. The second-order valence-electron chi connectivity index (χ2n) is 10.0. The highest BCUT2D eigenvalue weighted by molar-refractivity contribution is 4.88. The van der Waals surface area contributed by atoms with Crippen molar-refractivity contribution in [2.24, 2.45) is 11.8 Å². The molecule has 3 aliphatic heterocycles. The SMILES string of the molecule is CN1CCCCCOC2CCCC(C2)C2CCNC(C2)NC2CCCC(C1)N2. The van der Waals surface area contributed by atoms with Crippen molar-refractivity contribution >= 4 is 0 Å². The van der Waals surface area contributed by atoms with Crippen LogP contribution in [0, 0.1) is 11.8 Å². The zero-order valence-corrected chi connectivity index (χ0v) is 18.1. The van der Waals surface area contributed by atoms with Crippen LogP contribution in [-0.4, -0.2) is 62.7 Å².